The van der Waals surface area contributed by atoms with Crippen LogP contribution in [0.25, 0.3) is 11.4 Å². The Hall–Kier alpha value is -2.22. The molecule has 1 N–H and O–H groups in total. The highest BCUT2D eigenvalue weighted by Gasteiger charge is 2.17. The van der Waals surface area contributed by atoms with E-state index in [2.05, 4.69) is 15.5 Å². The van der Waals surface area contributed by atoms with Gasteiger partial charge in [0.25, 0.3) is 0 Å². The zero-order valence-electron chi connectivity index (χ0n) is 17.0. The van der Waals surface area contributed by atoms with Gasteiger partial charge in [0.05, 0.1) is 27.6 Å². The number of para-hydroxylation sites is 1. The molecule has 4 rings (SSSR count). The van der Waals surface area contributed by atoms with Crippen LogP contribution in [0.2, 0.25) is 10.0 Å². The fourth-order valence-electron chi connectivity index (χ4n) is 3.50. The smallest absolute Gasteiger partial charge is 0.234 e. The van der Waals surface area contributed by atoms with E-state index in [9.17, 15) is 4.79 Å². The minimum atomic E-state index is -0.224. The normalized spacial score (nSPS) is 14.0. The number of carbonyl (C=O) groups is 1. The monoisotopic (exact) mass is 476 g/mol. The number of hydrogen-bond donors (Lipinski definition) is 1. The molecule has 0 atom stereocenters. The number of hydrogen-bond acceptors (Lipinski definition) is 5. The lowest BCUT2D eigenvalue weighted by molar-refractivity contribution is -0.113. The molecule has 1 aliphatic rings. The minimum absolute atomic E-state index is 0.154. The van der Waals surface area contributed by atoms with Crippen molar-refractivity contribution in [1.82, 2.24) is 14.8 Å². The highest BCUT2D eigenvalue weighted by atomic mass is 35.5. The largest absolute Gasteiger partial charge is 0.490 e. The van der Waals surface area contributed by atoms with Gasteiger partial charge >= 0.3 is 0 Å². The van der Waals surface area contributed by atoms with Crippen LogP contribution in [0.15, 0.2) is 47.6 Å². The molecular formula is C22H22Cl2N4O2S. The number of thioether (sulfide) groups is 1. The number of anilines is 1. The molecule has 0 bridgehead atoms. The number of rotatable bonds is 7. The summed E-state index contributed by atoms with van der Waals surface area (Å²) in [6.45, 7) is 0. The molecule has 9 heteroatoms. The molecule has 0 radical (unpaired) electrons. The van der Waals surface area contributed by atoms with Gasteiger partial charge in [-0.15, -0.1) is 10.2 Å². The topological polar surface area (TPSA) is 69.0 Å². The highest BCUT2D eigenvalue weighted by molar-refractivity contribution is 7.99. The van der Waals surface area contributed by atoms with Gasteiger partial charge in [-0.2, -0.15) is 0 Å². The lowest BCUT2D eigenvalue weighted by Gasteiger charge is -2.13. The standard InChI is InChI=1S/C22H22Cl2N4O2S/c1-28-21(14-9-11-16(12-10-14)30-15-5-2-3-6-15)26-27-22(28)31-13-19(29)25-20-17(23)7-4-8-18(20)24/h4,7-12,15H,2-3,5-6,13H2,1H3,(H,25,29). The molecule has 1 aliphatic carbocycles. The molecule has 6 nitrogen and oxygen atoms in total. The molecule has 1 amide bonds. The van der Waals surface area contributed by atoms with Gasteiger partial charge < -0.3 is 14.6 Å². The van der Waals surface area contributed by atoms with Crippen molar-refractivity contribution in [3.05, 3.63) is 52.5 Å². The summed E-state index contributed by atoms with van der Waals surface area (Å²) in [6, 6.07) is 13.0. The van der Waals surface area contributed by atoms with Crippen LogP contribution in [0.1, 0.15) is 25.7 Å². The summed E-state index contributed by atoms with van der Waals surface area (Å²) in [5, 5.41) is 12.7. The summed E-state index contributed by atoms with van der Waals surface area (Å²) in [5.41, 5.74) is 1.35. The maximum absolute atomic E-state index is 12.3. The molecule has 1 fully saturated rings. The number of amides is 1. The number of halogens is 2. The van der Waals surface area contributed by atoms with Crippen LogP contribution >= 0.6 is 35.0 Å². The Morgan fingerprint density at radius 2 is 1.81 bits per heavy atom. The lowest BCUT2D eigenvalue weighted by Crippen LogP contribution is -2.15. The molecule has 1 aromatic heterocycles. The van der Waals surface area contributed by atoms with E-state index in [1.165, 1.54) is 24.6 Å². The van der Waals surface area contributed by atoms with Crippen LogP contribution < -0.4 is 10.1 Å². The van der Waals surface area contributed by atoms with Crippen molar-refractivity contribution in [3.63, 3.8) is 0 Å². The third-order valence-electron chi connectivity index (χ3n) is 5.11. The van der Waals surface area contributed by atoms with E-state index in [1.54, 1.807) is 18.2 Å². The first-order chi connectivity index (χ1) is 15.0. The molecule has 0 spiro atoms. The maximum atomic E-state index is 12.3. The molecular weight excluding hydrogens is 455 g/mol. The number of nitrogens with zero attached hydrogens (tertiary/aromatic N) is 3. The van der Waals surface area contributed by atoms with E-state index in [1.807, 2.05) is 35.9 Å². The van der Waals surface area contributed by atoms with Crippen molar-refractivity contribution in [3.8, 4) is 17.1 Å². The Balaban J connectivity index is 1.37. The van der Waals surface area contributed by atoms with Crippen LogP contribution in [-0.2, 0) is 11.8 Å². The second-order valence-electron chi connectivity index (χ2n) is 7.35. The third-order valence-corrected chi connectivity index (χ3v) is 6.76. The Labute approximate surface area is 195 Å². The summed E-state index contributed by atoms with van der Waals surface area (Å²) < 4.78 is 7.89. The van der Waals surface area contributed by atoms with Gasteiger partial charge in [0, 0.05) is 12.6 Å². The van der Waals surface area contributed by atoms with Gasteiger partial charge in [-0.25, -0.2) is 0 Å². The van der Waals surface area contributed by atoms with Crippen LogP contribution in [0.4, 0.5) is 5.69 Å². The average molecular weight is 477 g/mol. The van der Waals surface area contributed by atoms with Crippen molar-refractivity contribution in [1.29, 1.82) is 0 Å². The van der Waals surface area contributed by atoms with Crippen LogP contribution in [0.3, 0.4) is 0 Å². The summed E-state index contributed by atoms with van der Waals surface area (Å²) >= 11 is 13.5. The Morgan fingerprint density at radius 3 is 2.48 bits per heavy atom. The van der Waals surface area contributed by atoms with E-state index in [4.69, 9.17) is 27.9 Å². The predicted molar refractivity (Wildman–Crippen MR) is 125 cm³/mol. The molecule has 3 aromatic rings. The van der Waals surface area contributed by atoms with E-state index < -0.39 is 0 Å². The number of benzene rings is 2. The molecule has 0 unspecified atom stereocenters. The van der Waals surface area contributed by atoms with Crippen molar-refractivity contribution in [2.24, 2.45) is 7.05 Å². The highest BCUT2D eigenvalue weighted by Crippen LogP contribution is 2.31. The molecule has 31 heavy (non-hydrogen) atoms. The van der Waals surface area contributed by atoms with E-state index in [-0.39, 0.29) is 11.7 Å². The SMILES string of the molecule is Cn1c(SCC(=O)Nc2c(Cl)cccc2Cl)nnc1-c1ccc(OC2CCCC2)cc1. The minimum Gasteiger partial charge on any atom is -0.490 e. The Morgan fingerprint density at radius 1 is 1.13 bits per heavy atom. The average Bonchev–Trinajstić information content (AvgIpc) is 3.40. The van der Waals surface area contributed by atoms with Gasteiger partial charge in [-0.05, 0) is 62.1 Å². The third kappa shape index (κ3) is 5.34. The summed E-state index contributed by atoms with van der Waals surface area (Å²) in [6.07, 6.45) is 5.07. The Kier molecular flexibility index (Phi) is 7.05. The zero-order valence-corrected chi connectivity index (χ0v) is 19.3. The first-order valence-corrected chi connectivity index (χ1v) is 11.8. The quantitative estimate of drug-likeness (QED) is 0.433. The molecule has 162 valence electrons. The molecule has 0 saturated heterocycles. The van der Waals surface area contributed by atoms with Crippen molar-refractivity contribution in [2.75, 3.05) is 11.1 Å². The summed E-state index contributed by atoms with van der Waals surface area (Å²) in [7, 11) is 1.88. The lowest BCUT2D eigenvalue weighted by atomic mass is 10.2. The fourth-order valence-corrected chi connectivity index (χ4v) is 4.70. The Bertz CT molecular complexity index is 1050. The summed E-state index contributed by atoms with van der Waals surface area (Å²) in [4.78, 5) is 12.3. The molecule has 1 saturated carbocycles. The van der Waals surface area contributed by atoms with Crippen molar-refractivity contribution >= 4 is 46.6 Å². The van der Waals surface area contributed by atoms with E-state index in [0.29, 0.717) is 27.0 Å². The second kappa shape index (κ2) is 9.94. The van der Waals surface area contributed by atoms with Crippen LogP contribution in [0, 0.1) is 0 Å². The van der Waals surface area contributed by atoms with Crippen LogP contribution in [-0.4, -0.2) is 32.5 Å². The zero-order chi connectivity index (χ0) is 21.8. The van der Waals surface area contributed by atoms with Crippen molar-refractivity contribution < 1.29 is 9.53 Å². The second-order valence-corrected chi connectivity index (χ2v) is 9.10. The van der Waals surface area contributed by atoms with Crippen molar-refractivity contribution in [2.45, 2.75) is 36.9 Å². The van der Waals surface area contributed by atoms with E-state index >= 15 is 0 Å². The fraction of sp³-hybridized carbons (Fsp3) is 0.318. The molecule has 1 heterocycles. The van der Waals surface area contributed by atoms with Crippen LogP contribution in [0.5, 0.6) is 5.75 Å². The first-order valence-electron chi connectivity index (χ1n) is 10.0. The number of aromatic nitrogens is 3. The van der Waals surface area contributed by atoms with Gasteiger partial charge in [-0.3, -0.25) is 4.79 Å². The number of nitrogens with one attached hydrogen (secondary N) is 1. The maximum Gasteiger partial charge on any atom is 0.234 e. The first kappa shape index (κ1) is 22.0. The van der Waals surface area contributed by atoms with E-state index in [0.717, 1.165) is 30.0 Å². The van der Waals surface area contributed by atoms with Gasteiger partial charge in [-0.1, -0.05) is 41.0 Å². The molecule has 2 aromatic carbocycles. The summed E-state index contributed by atoms with van der Waals surface area (Å²) in [5.74, 6) is 1.53. The molecule has 0 aliphatic heterocycles. The van der Waals surface area contributed by atoms with Gasteiger partial charge in [0.15, 0.2) is 11.0 Å². The number of ether oxygens (including phenoxy) is 1. The predicted octanol–water partition coefficient (Wildman–Crippen LogP) is 5.84. The number of carbonyl (C=O) groups excluding carboxylic acids is 1. The van der Waals surface area contributed by atoms with Gasteiger partial charge in [0.1, 0.15) is 5.75 Å². The van der Waals surface area contributed by atoms with Gasteiger partial charge in [0.2, 0.25) is 5.91 Å².